The van der Waals surface area contributed by atoms with Crippen LogP contribution in [0.4, 0.5) is 8.78 Å². The number of halogens is 2. The van der Waals surface area contributed by atoms with Gasteiger partial charge in [0.25, 0.3) is 5.92 Å². The van der Waals surface area contributed by atoms with Crippen molar-refractivity contribution in [3.63, 3.8) is 0 Å². The minimum absolute atomic E-state index is 0.152. The molecule has 0 saturated carbocycles. The Morgan fingerprint density at radius 2 is 2.03 bits per heavy atom. The number of furan rings is 1. The van der Waals surface area contributed by atoms with Crippen LogP contribution in [0.2, 0.25) is 0 Å². The molecule has 5 rings (SSSR count). The molecule has 0 N–H and O–H groups in total. The van der Waals surface area contributed by atoms with Crippen molar-refractivity contribution >= 4 is 45.2 Å². The van der Waals surface area contributed by atoms with E-state index in [0.29, 0.717) is 16.5 Å². The summed E-state index contributed by atoms with van der Waals surface area (Å²) in [6, 6.07) is 15.7. The lowest BCUT2D eigenvalue weighted by Crippen LogP contribution is -2.36. The predicted molar refractivity (Wildman–Crippen MR) is 136 cm³/mol. The summed E-state index contributed by atoms with van der Waals surface area (Å²) in [5.74, 6) is -4.00. The summed E-state index contributed by atoms with van der Waals surface area (Å²) in [6.07, 6.45) is 4.11. The first-order valence-corrected chi connectivity index (χ1v) is 11.9. The average Bonchev–Trinajstić information content (AvgIpc) is 3.49. The van der Waals surface area contributed by atoms with Gasteiger partial charge in [0.05, 0.1) is 24.4 Å². The molecule has 1 fully saturated rings. The van der Waals surface area contributed by atoms with Gasteiger partial charge >= 0.3 is 0 Å². The molecule has 8 heteroatoms. The van der Waals surface area contributed by atoms with E-state index >= 15 is 0 Å². The van der Waals surface area contributed by atoms with E-state index in [9.17, 15) is 18.4 Å². The highest BCUT2D eigenvalue weighted by Crippen LogP contribution is 2.32. The van der Waals surface area contributed by atoms with Gasteiger partial charge in [0, 0.05) is 41.8 Å². The first kappa shape index (κ1) is 24.3. The van der Waals surface area contributed by atoms with E-state index in [4.69, 9.17) is 9.68 Å². The number of pyridine rings is 1. The van der Waals surface area contributed by atoms with E-state index in [2.05, 4.69) is 4.98 Å². The second-order valence-corrected chi connectivity index (χ2v) is 9.29. The number of amides is 1. The van der Waals surface area contributed by atoms with Gasteiger partial charge in [-0.1, -0.05) is 24.3 Å². The number of hydrogen-bond donors (Lipinski definition) is 0. The summed E-state index contributed by atoms with van der Waals surface area (Å²) in [7, 11) is 0. The first-order chi connectivity index (χ1) is 17.7. The van der Waals surface area contributed by atoms with Crippen LogP contribution in [-0.2, 0) is 4.79 Å². The highest BCUT2D eigenvalue weighted by Gasteiger charge is 2.47. The Morgan fingerprint density at radius 3 is 2.84 bits per heavy atom. The van der Waals surface area contributed by atoms with E-state index in [1.54, 1.807) is 18.4 Å². The number of likely N-dealkylation sites (tertiary alicyclic amines) is 1. The molecular weight excluding hydrogens is 476 g/mol. The van der Waals surface area contributed by atoms with E-state index < -0.39 is 30.8 Å². The van der Waals surface area contributed by atoms with Gasteiger partial charge in [-0.05, 0) is 54.0 Å². The minimum Gasteiger partial charge on any atom is -0.464 e. The SMILES string of the molecule is C/C(=C\c1ccc2nccc(C(=O)CCC(=O)N3CC(F)(F)C[C@H]3C#N)c2c1)c1ccc2ccoc2c1. The topological polar surface area (TPSA) is 87.2 Å². The quantitative estimate of drug-likeness (QED) is 0.231. The van der Waals surface area contributed by atoms with Gasteiger partial charge in [0.1, 0.15) is 11.6 Å². The van der Waals surface area contributed by atoms with Crippen molar-refractivity contribution < 1.29 is 22.8 Å². The maximum absolute atomic E-state index is 13.7. The molecule has 0 spiro atoms. The smallest absolute Gasteiger partial charge is 0.268 e. The number of benzene rings is 2. The van der Waals surface area contributed by atoms with Crippen molar-refractivity contribution in [1.82, 2.24) is 9.88 Å². The van der Waals surface area contributed by atoms with Crippen molar-refractivity contribution in [1.29, 1.82) is 5.26 Å². The predicted octanol–water partition coefficient (Wildman–Crippen LogP) is 6.26. The largest absolute Gasteiger partial charge is 0.464 e. The molecule has 1 aliphatic rings. The average molecular weight is 500 g/mol. The normalized spacial score (nSPS) is 17.3. The van der Waals surface area contributed by atoms with Crippen LogP contribution in [-0.4, -0.2) is 40.1 Å². The molecule has 6 nitrogen and oxygen atoms in total. The number of nitrogens with zero attached hydrogens (tertiary/aromatic N) is 3. The lowest BCUT2D eigenvalue weighted by atomic mass is 9.98. The van der Waals surface area contributed by atoms with Crippen molar-refractivity contribution in [2.45, 2.75) is 38.2 Å². The van der Waals surface area contributed by atoms with Crippen LogP contribution in [0, 0.1) is 11.3 Å². The van der Waals surface area contributed by atoms with Gasteiger partial charge in [-0.25, -0.2) is 8.78 Å². The fourth-order valence-corrected chi connectivity index (χ4v) is 4.72. The summed E-state index contributed by atoms with van der Waals surface area (Å²) >= 11 is 0. The van der Waals surface area contributed by atoms with E-state index in [-0.39, 0.29) is 18.6 Å². The summed E-state index contributed by atoms with van der Waals surface area (Å²) in [6.45, 7) is 1.20. The first-order valence-electron chi connectivity index (χ1n) is 11.9. The lowest BCUT2D eigenvalue weighted by Gasteiger charge is -2.18. The molecule has 1 atom stereocenters. The van der Waals surface area contributed by atoms with Crippen LogP contribution in [0.5, 0.6) is 0 Å². The second kappa shape index (κ2) is 9.58. The van der Waals surface area contributed by atoms with Gasteiger partial charge in [0.2, 0.25) is 5.91 Å². The third-order valence-electron chi connectivity index (χ3n) is 6.67. The van der Waals surface area contributed by atoms with Crippen LogP contribution in [0.3, 0.4) is 0 Å². The van der Waals surface area contributed by atoms with Crippen molar-refractivity contribution in [2.75, 3.05) is 6.54 Å². The maximum atomic E-state index is 13.7. The molecular formula is C29H23F2N3O3. The minimum atomic E-state index is -3.09. The number of alkyl halides is 2. The Balaban J connectivity index is 1.36. The lowest BCUT2D eigenvalue weighted by molar-refractivity contribution is -0.132. The number of carbonyl (C=O) groups is 2. The van der Waals surface area contributed by atoms with E-state index in [0.717, 1.165) is 32.6 Å². The maximum Gasteiger partial charge on any atom is 0.268 e. The zero-order valence-electron chi connectivity index (χ0n) is 20.1. The molecule has 1 aliphatic heterocycles. The third kappa shape index (κ3) is 4.98. The van der Waals surface area contributed by atoms with E-state index in [1.807, 2.05) is 55.5 Å². The number of Topliss-reactive ketones (excluding diaryl/α,β-unsaturated/α-hetero) is 1. The monoisotopic (exact) mass is 499 g/mol. The summed E-state index contributed by atoms with van der Waals surface area (Å²) in [5, 5.41) is 10.8. The molecule has 1 saturated heterocycles. The number of aromatic nitrogens is 1. The Morgan fingerprint density at radius 1 is 1.19 bits per heavy atom. The van der Waals surface area contributed by atoms with Crippen molar-refractivity contribution in [3.05, 3.63) is 77.7 Å². The number of nitriles is 1. The van der Waals surface area contributed by atoms with Gasteiger partial charge in [-0.15, -0.1) is 0 Å². The Bertz CT molecular complexity index is 1600. The zero-order valence-corrected chi connectivity index (χ0v) is 20.1. The Kier molecular flexibility index (Phi) is 6.30. The molecule has 1 amide bonds. The van der Waals surface area contributed by atoms with Crippen LogP contribution in [0.25, 0.3) is 33.5 Å². The van der Waals surface area contributed by atoms with Crippen LogP contribution in [0.1, 0.15) is 47.7 Å². The fraction of sp³-hybridized carbons (Fsp3) is 0.241. The van der Waals surface area contributed by atoms with Crippen molar-refractivity contribution in [2.24, 2.45) is 0 Å². The summed E-state index contributed by atoms with van der Waals surface area (Å²) in [5.41, 5.74) is 4.73. The summed E-state index contributed by atoms with van der Waals surface area (Å²) < 4.78 is 32.9. The Labute approximate surface area is 211 Å². The molecule has 0 bridgehead atoms. The second-order valence-electron chi connectivity index (χ2n) is 9.29. The number of allylic oxidation sites excluding steroid dienone is 1. The molecule has 4 aromatic rings. The van der Waals surface area contributed by atoms with Gasteiger partial charge in [-0.3, -0.25) is 14.6 Å². The molecule has 2 aromatic carbocycles. The number of fused-ring (bicyclic) bond motifs is 2. The molecule has 0 aliphatic carbocycles. The van der Waals surface area contributed by atoms with Crippen LogP contribution >= 0.6 is 0 Å². The number of carbonyl (C=O) groups excluding carboxylic acids is 2. The summed E-state index contributed by atoms with van der Waals surface area (Å²) in [4.78, 5) is 30.8. The standard InChI is InChI=1S/C29H23F2N3O3/c1-18(21-4-3-20-9-11-37-27(20)14-21)12-19-2-5-25-24(13-19)23(8-10-33-25)26(35)6-7-28(36)34-17-29(30,31)15-22(34)16-32/h2-5,8-14,22H,6-7,15,17H2,1H3/b18-12+/t22-/m0/s1. The Hall–Kier alpha value is -4.38. The number of rotatable bonds is 6. The van der Waals surface area contributed by atoms with Gasteiger partial charge in [-0.2, -0.15) is 5.26 Å². The van der Waals surface area contributed by atoms with Crippen molar-refractivity contribution in [3.8, 4) is 6.07 Å². The molecule has 37 heavy (non-hydrogen) atoms. The number of hydrogen-bond acceptors (Lipinski definition) is 5. The molecule has 0 unspecified atom stereocenters. The number of ketones is 1. The van der Waals surface area contributed by atoms with E-state index in [1.165, 1.54) is 6.20 Å². The zero-order chi connectivity index (χ0) is 26.2. The van der Waals surface area contributed by atoms with Crippen LogP contribution in [0.15, 0.2) is 65.4 Å². The van der Waals surface area contributed by atoms with Crippen LogP contribution < -0.4 is 0 Å². The molecule has 186 valence electrons. The highest BCUT2D eigenvalue weighted by atomic mass is 19.3. The molecule has 3 heterocycles. The highest BCUT2D eigenvalue weighted by molar-refractivity contribution is 6.08. The molecule has 0 radical (unpaired) electrons. The van der Waals surface area contributed by atoms with Gasteiger partial charge < -0.3 is 9.32 Å². The van der Waals surface area contributed by atoms with Gasteiger partial charge in [0.15, 0.2) is 5.78 Å². The third-order valence-corrected chi connectivity index (χ3v) is 6.67. The fourth-order valence-electron chi connectivity index (χ4n) is 4.72. The molecule has 2 aromatic heterocycles.